The summed E-state index contributed by atoms with van der Waals surface area (Å²) in [5, 5.41) is 10.9. The fourth-order valence-electron chi connectivity index (χ4n) is 3.03. The molecule has 1 aliphatic rings. The molecule has 4 nitrogen and oxygen atoms in total. The van der Waals surface area contributed by atoms with Gasteiger partial charge in [0.15, 0.2) is 0 Å². The van der Waals surface area contributed by atoms with Gasteiger partial charge in [0.05, 0.1) is 19.3 Å². The standard InChI is InChI=1S/C20H24ClNO3/c21-18-5-7-20(8-6-18)25-12-11-24-15-19(23)14-22-10-9-16-3-1-2-4-17(16)13-22/h1-8,19,23H,9-15H2. The van der Waals surface area contributed by atoms with Gasteiger partial charge in [0.25, 0.3) is 0 Å². The Balaban J connectivity index is 1.31. The second kappa shape index (κ2) is 9.20. The molecule has 0 aliphatic carbocycles. The number of fused-ring (bicyclic) bond motifs is 1. The van der Waals surface area contributed by atoms with Crippen LogP contribution in [0.4, 0.5) is 0 Å². The van der Waals surface area contributed by atoms with Crippen LogP contribution in [0.1, 0.15) is 11.1 Å². The van der Waals surface area contributed by atoms with Crippen LogP contribution in [0.3, 0.4) is 0 Å². The minimum Gasteiger partial charge on any atom is -0.491 e. The topological polar surface area (TPSA) is 41.9 Å². The predicted octanol–water partition coefficient (Wildman–Crippen LogP) is 3.15. The molecule has 0 spiro atoms. The Labute approximate surface area is 153 Å². The van der Waals surface area contributed by atoms with E-state index in [1.807, 2.05) is 12.1 Å². The molecule has 0 radical (unpaired) electrons. The largest absolute Gasteiger partial charge is 0.491 e. The van der Waals surface area contributed by atoms with Crippen molar-refractivity contribution in [2.45, 2.75) is 19.1 Å². The molecule has 0 saturated carbocycles. The average Bonchev–Trinajstić information content (AvgIpc) is 2.63. The zero-order valence-corrected chi connectivity index (χ0v) is 15.0. The molecule has 134 valence electrons. The van der Waals surface area contributed by atoms with Crippen LogP contribution in [0.15, 0.2) is 48.5 Å². The number of β-amino-alcohol motifs (C(OH)–C–C–N with tert-alkyl or cyclic N) is 1. The average molecular weight is 362 g/mol. The van der Waals surface area contributed by atoms with Crippen molar-refractivity contribution in [3.63, 3.8) is 0 Å². The summed E-state index contributed by atoms with van der Waals surface area (Å²) >= 11 is 5.83. The Hall–Kier alpha value is -1.59. The number of nitrogens with zero attached hydrogens (tertiary/aromatic N) is 1. The summed E-state index contributed by atoms with van der Waals surface area (Å²) in [4.78, 5) is 2.28. The first kappa shape index (κ1) is 18.2. The number of aliphatic hydroxyl groups is 1. The fraction of sp³-hybridized carbons (Fsp3) is 0.400. The summed E-state index contributed by atoms with van der Waals surface area (Å²) in [5.41, 5.74) is 2.78. The minimum atomic E-state index is -0.485. The molecule has 1 heterocycles. The normalized spacial score (nSPS) is 15.6. The maximum absolute atomic E-state index is 10.2. The second-order valence-corrected chi connectivity index (χ2v) is 6.72. The third kappa shape index (κ3) is 5.72. The molecule has 0 saturated heterocycles. The molecule has 1 atom stereocenters. The Morgan fingerprint density at radius 2 is 1.80 bits per heavy atom. The first-order chi connectivity index (χ1) is 12.2. The number of hydrogen-bond acceptors (Lipinski definition) is 4. The van der Waals surface area contributed by atoms with Gasteiger partial charge in [0.2, 0.25) is 0 Å². The van der Waals surface area contributed by atoms with Gasteiger partial charge in [-0.05, 0) is 41.8 Å². The molecule has 0 aromatic heterocycles. The molecule has 2 aromatic carbocycles. The van der Waals surface area contributed by atoms with E-state index in [1.165, 1.54) is 11.1 Å². The van der Waals surface area contributed by atoms with Gasteiger partial charge in [-0.25, -0.2) is 0 Å². The van der Waals surface area contributed by atoms with Crippen LogP contribution in [0.2, 0.25) is 5.02 Å². The summed E-state index contributed by atoms with van der Waals surface area (Å²) in [6, 6.07) is 15.7. The summed E-state index contributed by atoms with van der Waals surface area (Å²) < 4.78 is 11.1. The van der Waals surface area contributed by atoms with Crippen LogP contribution in [0, 0.1) is 0 Å². The SMILES string of the molecule is OC(COCCOc1ccc(Cl)cc1)CN1CCc2ccccc2C1. The van der Waals surface area contributed by atoms with E-state index in [9.17, 15) is 5.11 Å². The van der Waals surface area contributed by atoms with Gasteiger partial charge in [0.1, 0.15) is 12.4 Å². The lowest BCUT2D eigenvalue weighted by molar-refractivity contribution is 0.00589. The maximum atomic E-state index is 10.2. The molecule has 1 unspecified atom stereocenters. The van der Waals surface area contributed by atoms with Crippen molar-refractivity contribution in [1.29, 1.82) is 0 Å². The van der Waals surface area contributed by atoms with Gasteiger partial charge in [-0.1, -0.05) is 35.9 Å². The zero-order valence-electron chi connectivity index (χ0n) is 14.2. The quantitative estimate of drug-likeness (QED) is 0.733. The third-order valence-electron chi connectivity index (χ3n) is 4.30. The van der Waals surface area contributed by atoms with Gasteiger partial charge in [-0.3, -0.25) is 4.90 Å². The van der Waals surface area contributed by atoms with Crippen LogP contribution in [0.5, 0.6) is 5.75 Å². The number of rotatable bonds is 8. The van der Waals surface area contributed by atoms with E-state index in [0.717, 1.165) is 25.3 Å². The lowest BCUT2D eigenvalue weighted by Gasteiger charge is -2.30. The highest BCUT2D eigenvalue weighted by molar-refractivity contribution is 6.30. The van der Waals surface area contributed by atoms with Crippen molar-refractivity contribution in [3.8, 4) is 5.75 Å². The summed E-state index contributed by atoms with van der Waals surface area (Å²) in [7, 11) is 0. The van der Waals surface area contributed by atoms with E-state index in [1.54, 1.807) is 12.1 Å². The van der Waals surface area contributed by atoms with E-state index in [2.05, 4.69) is 29.2 Å². The van der Waals surface area contributed by atoms with Gasteiger partial charge < -0.3 is 14.6 Å². The third-order valence-corrected chi connectivity index (χ3v) is 4.55. The lowest BCUT2D eigenvalue weighted by atomic mass is 10.00. The van der Waals surface area contributed by atoms with Crippen LogP contribution in [-0.4, -0.2) is 49.0 Å². The molecule has 5 heteroatoms. The predicted molar refractivity (Wildman–Crippen MR) is 99.2 cm³/mol. The molecule has 25 heavy (non-hydrogen) atoms. The zero-order chi connectivity index (χ0) is 17.5. The molecule has 1 N–H and O–H groups in total. The van der Waals surface area contributed by atoms with E-state index >= 15 is 0 Å². The summed E-state index contributed by atoms with van der Waals surface area (Å²) in [6.45, 7) is 3.73. The van der Waals surface area contributed by atoms with Gasteiger partial charge in [0, 0.05) is 24.7 Å². The molecule has 0 fully saturated rings. The van der Waals surface area contributed by atoms with Crippen molar-refractivity contribution < 1.29 is 14.6 Å². The highest BCUT2D eigenvalue weighted by Gasteiger charge is 2.18. The van der Waals surface area contributed by atoms with Crippen molar-refractivity contribution in [2.75, 3.05) is 32.9 Å². The lowest BCUT2D eigenvalue weighted by Crippen LogP contribution is -2.38. The van der Waals surface area contributed by atoms with Gasteiger partial charge in [-0.15, -0.1) is 0 Å². The van der Waals surface area contributed by atoms with E-state index < -0.39 is 6.10 Å². The Morgan fingerprint density at radius 3 is 2.60 bits per heavy atom. The number of aliphatic hydroxyl groups excluding tert-OH is 1. The summed E-state index contributed by atoms with van der Waals surface area (Å²) in [6.07, 6.45) is 0.555. The van der Waals surface area contributed by atoms with E-state index in [-0.39, 0.29) is 0 Å². The first-order valence-electron chi connectivity index (χ1n) is 8.64. The van der Waals surface area contributed by atoms with E-state index in [4.69, 9.17) is 21.1 Å². The monoisotopic (exact) mass is 361 g/mol. The molecule has 0 amide bonds. The smallest absolute Gasteiger partial charge is 0.119 e. The molecule has 1 aliphatic heterocycles. The van der Waals surface area contributed by atoms with Crippen molar-refractivity contribution in [1.82, 2.24) is 4.90 Å². The van der Waals surface area contributed by atoms with Gasteiger partial charge >= 0.3 is 0 Å². The van der Waals surface area contributed by atoms with E-state index in [0.29, 0.717) is 31.4 Å². The van der Waals surface area contributed by atoms with Crippen molar-refractivity contribution in [3.05, 3.63) is 64.7 Å². The van der Waals surface area contributed by atoms with Crippen molar-refractivity contribution in [2.24, 2.45) is 0 Å². The Kier molecular flexibility index (Phi) is 6.70. The van der Waals surface area contributed by atoms with Crippen LogP contribution >= 0.6 is 11.6 Å². The molecular formula is C20H24ClNO3. The van der Waals surface area contributed by atoms with Crippen LogP contribution in [-0.2, 0) is 17.7 Å². The maximum Gasteiger partial charge on any atom is 0.119 e. The highest BCUT2D eigenvalue weighted by Crippen LogP contribution is 2.18. The second-order valence-electron chi connectivity index (χ2n) is 6.28. The highest BCUT2D eigenvalue weighted by atomic mass is 35.5. The minimum absolute atomic E-state index is 0.322. The van der Waals surface area contributed by atoms with Crippen LogP contribution < -0.4 is 4.74 Å². The number of ether oxygens (including phenoxy) is 2. The number of hydrogen-bond donors (Lipinski definition) is 1. The molecule has 3 rings (SSSR count). The first-order valence-corrected chi connectivity index (χ1v) is 9.02. The van der Waals surface area contributed by atoms with Crippen molar-refractivity contribution >= 4 is 11.6 Å². The number of halogens is 1. The molecular weight excluding hydrogens is 338 g/mol. The van der Waals surface area contributed by atoms with Crippen LogP contribution in [0.25, 0.3) is 0 Å². The number of benzene rings is 2. The Morgan fingerprint density at radius 1 is 1.04 bits per heavy atom. The fourth-order valence-corrected chi connectivity index (χ4v) is 3.16. The molecule has 0 bridgehead atoms. The molecule has 2 aromatic rings. The summed E-state index contributed by atoms with van der Waals surface area (Å²) in [5.74, 6) is 0.764. The van der Waals surface area contributed by atoms with Gasteiger partial charge in [-0.2, -0.15) is 0 Å². The Bertz CT molecular complexity index is 662.